The van der Waals surface area contributed by atoms with Crippen LogP contribution < -0.4 is 16.0 Å². The Morgan fingerprint density at radius 2 is 1.43 bits per heavy atom. The van der Waals surface area contributed by atoms with Gasteiger partial charge in [-0.1, -0.05) is 45.2 Å². The summed E-state index contributed by atoms with van der Waals surface area (Å²) in [6.07, 6.45) is 5.73. The van der Waals surface area contributed by atoms with Crippen molar-refractivity contribution in [3.05, 3.63) is 65.2 Å². The number of anilines is 1. The van der Waals surface area contributed by atoms with Gasteiger partial charge in [0.2, 0.25) is 0 Å². The molecule has 6 heteroatoms. The Labute approximate surface area is 183 Å². The van der Waals surface area contributed by atoms with Crippen LogP contribution in [0.3, 0.4) is 0 Å². The lowest BCUT2D eigenvalue weighted by Gasteiger charge is -2.22. The fourth-order valence-electron chi connectivity index (χ4n) is 3.58. The smallest absolute Gasteiger partial charge is 0.257 e. The van der Waals surface area contributed by atoms with Gasteiger partial charge in [0.1, 0.15) is 0 Å². The molecular weight excluding hydrogens is 394 g/mol. The summed E-state index contributed by atoms with van der Waals surface area (Å²) in [5.41, 5.74) is 3.06. The van der Waals surface area contributed by atoms with Gasteiger partial charge < -0.3 is 10.6 Å². The van der Waals surface area contributed by atoms with Crippen molar-refractivity contribution in [3.63, 3.8) is 0 Å². The first-order valence-corrected chi connectivity index (χ1v) is 11.0. The molecule has 2 amide bonds. The highest BCUT2D eigenvalue weighted by molar-refractivity contribution is 7.80. The summed E-state index contributed by atoms with van der Waals surface area (Å²) in [6.45, 7) is 4.22. The van der Waals surface area contributed by atoms with Crippen molar-refractivity contribution in [1.82, 2.24) is 10.6 Å². The van der Waals surface area contributed by atoms with Gasteiger partial charge in [0.15, 0.2) is 5.11 Å². The summed E-state index contributed by atoms with van der Waals surface area (Å²) in [4.78, 5) is 24.8. The number of rotatable bonds is 5. The van der Waals surface area contributed by atoms with Crippen molar-refractivity contribution >= 4 is 34.8 Å². The molecule has 2 aromatic carbocycles. The Balaban J connectivity index is 1.51. The van der Waals surface area contributed by atoms with Gasteiger partial charge in [-0.2, -0.15) is 0 Å². The van der Waals surface area contributed by atoms with Crippen LogP contribution in [0.2, 0.25) is 0 Å². The average Bonchev–Trinajstić information content (AvgIpc) is 2.75. The summed E-state index contributed by atoms with van der Waals surface area (Å²) in [7, 11) is 0. The minimum Gasteiger partial charge on any atom is -0.349 e. The van der Waals surface area contributed by atoms with Crippen LogP contribution in [0.4, 0.5) is 5.69 Å². The van der Waals surface area contributed by atoms with Gasteiger partial charge in [0.25, 0.3) is 11.8 Å². The summed E-state index contributed by atoms with van der Waals surface area (Å²) < 4.78 is 0. The van der Waals surface area contributed by atoms with E-state index in [0.29, 0.717) is 22.7 Å². The number of carbonyl (C=O) groups is 2. The summed E-state index contributed by atoms with van der Waals surface area (Å²) in [6, 6.07) is 14.9. The van der Waals surface area contributed by atoms with Gasteiger partial charge in [-0.25, -0.2) is 0 Å². The first kappa shape index (κ1) is 22.0. The van der Waals surface area contributed by atoms with Crippen LogP contribution in [-0.4, -0.2) is 23.0 Å². The second-order valence-corrected chi connectivity index (χ2v) is 8.48. The van der Waals surface area contributed by atoms with E-state index < -0.39 is 0 Å². The molecule has 1 aliphatic carbocycles. The Morgan fingerprint density at radius 1 is 0.867 bits per heavy atom. The Kier molecular flexibility index (Phi) is 7.57. The minimum atomic E-state index is -0.258. The van der Waals surface area contributed by atoms with E-state index in [9.17, 15) is 9.59 Å². The molecule has 30 heavy (non-hydrogen) atoms. The molecule has 3 rings (SSSR count). The van der Waals surface area contributed by atoms with Crippen molar-refractivity contribution in [2.24, 2.45) is 0 Å². The molecule has 0 aromatic heterocycles. The third-order valence-electron chi connectivity index (χ3n) is 5.41. The molecule has 0 unspecified atom stereocenters. The predicted molar refractivity (Wildman–Crippen MR) is 125 cm³/mol. The van der Waals surface area contributed by atoms with E-state index in [1.165, 1.54) is 24.8 Å². The van der Waals surface area contributed by atoms with Crippen LogP contribution >= 0.6 is 12.2 Å². The fraction of sp³-hybridized carbons (Fsp3) is 0.375. The largest absolute Gasteiger partial charge is 0.349 e. The van der Waals surface area contributed by atoms with Crippen LogP contribution in [0.15, 0.2) is 48.5 Å². The molecule has 0 aliphatic heterocycles. The lowest BCUT2D eigenvalue weighted by Crippen LogP contribution is -2.36. The Morgan fingerprint density at radius 3 is 2.03 bits per heavy atom. The lowest BCUT2D eigenvalue weighted by molar-refractivity contribution is 0.0926. The Hall–Kier alpha value is -2.73. The van der Waals surface area contributed by atoms with E-state index >= 15 is 0 Å². The van der Waals surface area contributed by atoms with Crippen LogP contribution in [-0.2, 0) is 0 Å². The first-order valence-electron chi connectivity index (χ1n) is 10.6. The van der Waals surface area contributed by atoms with Crippen LogP contribution in [0.5, 0.6) is 0 Å². The van der Waals surface area contributed by atoms with Crippen molar-refractivity contribution in [2.75, 3.05) is 5.32 Å². The van der Waals surface area contributed by atoms with Gasteiger partial charge in [0.05, 0.1) is 0 Å². The summed E-state index contributed by atoms with van der Waals surface area (Å²) in [5.74, 6) is 0.109. The normalized spacial score (nSPS) is 14.2. The zero-order chi connectivity index (χ0) is 21.5. The molecular formula is C24H29N3O2S. The molecule has 1 saturated carbocycles. The number of nitrogens with one attached hydrogen (secondary N) is 3. The molecule has 1 aliphatic rings. The third kappa shape index (κ3) is 6.13. The molecule has 0 saturated heterocycles. The fourth-order valence-corrected chi connectivity index (χ4v) is 3.79. The molecule has 2 aromatic rings. The molecule has 0 spiro atoms. The molecule has 0 atom stereocenters. The van der Waals surface area contributed by atoms with Crippen LogP contribution in [0, 0.1) is 0 Å². The van der Waals surface area contributed by atoms with Gasteiger partial charge in [-0.05, 0) is 72.9 Å². The maximum absolute atomic E-state index is 12.4. The number of hydrogen-bond donors (Lipinski definition) is 3. The number of hydrogen-bond acceptors (Lipinski definition) is 3. The highest BCUT2D eigenvalue weighted by atomic mass is 32.1. The first-order chi connectivity index (χ1) is 14.4. The van der Waals surface area contributed by atoms with Gasteiger partial charge in [-0.15, -0.1) is 0 Å². The number of thiocarbonyl (C=S) groups is 1. The van der Waals surface area contributed by atoms with Gasteiger partial charge in [0, 0.05) is 22.9 Å². The third-order valence-corrected chi connectivity index (χ3v) is 5.62. The second-order valence-electron chi connectivity index (χ2n) is 8.07. The summed E-state index contributed by atoms with van der Waals surface area (Å²) in [5, 5.41) is 9.00. The Bertz CT molecular complexity index is 886. The molecule has 0 heterocycles. The highest BCUT2D eigenvalue weighted by Gasteiger charge is 2.16. The van der Waals surface area contributed by atoms with Gasteiger partial charge >= 0.3 is 0 Å². The number of benzene rings is 2. The van der Waals surface area contributed by atoms with E-state index in [1.54, 1.807) is 36.4 Å². The average molecular weight is 424 g/mol. The molecule has 158 valence electrons. The molecule has 0 radical (unpaired) electrons. The minimum absolute atomic E-state index is 0.0471. The summed E-state index contributed by atoms with van der Waals surface area (Å²) >= 11 is 5.25. The number of amides is 2. The molecule has 5 nitrogen and oxygen atoms in total. The maximum Gasteiger partial charge on any atom is 0.257 e. The molecule has 3 N–H and O–H groups in total. The monoisotopic (exact) mass is 423 g/mol. The number of carbonyl (C=O) groups excluding carboxylic acids is 2. The van der Waals surface area contributed by atoms with E-state index in [0.717, 1.165) is 12.8 Å². The SMILES string of the molecule is CC(C)c1ccc(C(=O)NC(=S)Nc2ccc(C(=O)NC3CCCCC3)cc2)cc1. The van der Waals surface area contributed by atoms with Crippen molar-refractivity contribution < 1.29 is 9.59 Å². The van der Waals surface area contributed by atoms with E-state index in [1.807, 2.05) is 12.1 Å². The zero-order valence-corrected chi connectivity index (χ0v) is 18.4. The standard InChI is InChI=1S/C24H29N3O2S/c1-16(2)17-8-10-18(11-9-17)23(29)27-24(30)26-21-14-12-19(13-15-21)22(28)25-20-6-4-3-5-7-20/h8-16,20H,3-7H2,1-2H3,(H,25,28)(H2,26,27,29,30). The predicted octanol–water partition coefficient (Wildman–Crippen LogP) is 5.00. The highest BCUT2D eigenvalue weighted by Crippen LogP contribution is 2.18. The molecule has 1 fully saturated rings. The van der Waals surface area contributed by atoms with Crippen molar-refractivity contribution in [1.29, 1.82) is 0 Å². The quantitative estimate of drug-likeness (QED) is 0.592. The zero-order valence-electron chi connectivity index (χ0n) is 17.5. The second kappa shape index (κ2) is 10.3. The van der Waals surface area contributed by atoms with Crippen LogP contribution in [0.1, 0.15) is 78.1 Å². The van der Waals surface area contributed by atoms with Crippen LogP contribution in [0.25, 0.3) is 0 Å². The lowest BCUT2D eigenvalue weighted by atomic mass is 9.95. The molecule has 0 bridgehead atoms. The van der Waals surface area contributed by atoms with E-state index in [-0.39, 0.29) is 23.0 Å². The van der Waals surface area contributed by atoms with Crippen molar-refractivity contribution in [2.45, 2.75) is 57.9 Å². The van der Waals surface area contributed by atoms with E-state index in [2.05, 4.69) is 29.8 Å². The topological polar surface area (TPSA) is 70.2 Å². The maximum atomic E-state index is 12.4. The van der Waals surface area contributed by atoms with Crippen molar-refractivity contribution in [3.8, 4) is 0 Å². The van der Waals surface area contributed by atoms with E-state index in [4.69, 9.17) is 12.2 Å². The van der Waals surface area contributed by atoms with Gasteiger partial charge in [-0.3, -0.25) is 14.9 Å².